The van der Waals surface area contributed by atoms with E-state index in [1.54, 1.807) is 18.2 Å². The topological polar surface area (TPSA) is 92.8 Å². The van der Waals surface area contributed by atoms with E-state index in [1.807, 2.05) is 26.2 Å². The van der Waals surface area contributed by atoms with Crippen LogP contribution < -0.4 is 5.32 Å². The lowest BCUT2D eigenvalue weighted by atomic mass is 9.97. The van der Waals surface area contributed by atoms with Gasteiger partial charge in [-0.05, 0) is 50.6 Å². The van der Waals surface area contributed by atoms with Gasteiger partial charge in [-0.15, -0.1) is 23.1 Å². The van der Waals surface area contributed by atoms with Gasteiger partial charge < -0.3 is 10.1 Å². The molecule has 1 aliphatic rings. The fraction of sp³-hybridized carbons (Fsp3) is 0.429. The van der Waals surface area contributed by atoms with Gasteiger partial charge in [-0.25, -0.2) is 13.2 Å². The van der Waals surface area contributed by atoms with Crippen LogP contribution in [0.2, 0.25) is 0 Å². The number of methoxy groups -OCH3 is 1. The summed E-state index contributed by atoms with van der Waals surface area (Å²) in [5, 5.41) is 3.35. The van der Waals surface area contributed by atoms with Crippen molar-refractivity contribution in [3.63, 3.8) is 0 Å². The Morgan fingerprint density at radius 3 is 2.45 bits per heavy atom. The van der Waals surface area contributed by atoms with Crippen LogP contribution in [0.3, 0.4) is 0 Å². The van der Waals surface area contributed by atoms with Gasteiger partial charge in [-0.2, -0.15) is 4.31 Å². The van der Waals surface area contributed by atoms with Gasteiger partial charge >= 0.3 is 5.97 Å². The first kappa shape index (κ1) is 23.8. The predicted molar refractivity (Wildman–Crippen MR) is 123 cm³/mol. The van der Waals surface area contributed by atoms with Gasteiger partial charge in [-0.1, -0.05) is 12.1 Å². The Morgan fingerprint density at radius 1 is 1.19 bits per heavy atom. The van der Waals surface area contributed by atoms with Gasteiger partial charge in [0.15, 0.2) is 0 Å². The number of benzene rings is 1. The number of piperidine rings is 1. The molecule has 0 bridgehead atoms. The maximum Gasteiger partial charge on any atom is 0.341 e. The molecule has 1 N–H and O–H groups in total. The van der Waals surface area contributed by atoms with Crippen molar-refractivity contribution in [1.29, 1.82) is 0 Å². The maximum atomic E-state index is 13.1. The van der Waals surface area contributed by atoms with E-state index in [0.717, 1.165) is 10.4 Å². The molecule has 2 heterocycles. The first-order valence-corrected chi connectivity index (χ1v) is 13.3. The molecule has 0 atom stereocenters. The third-order valence-electron chi connectivity index (χ3n) is 5.52. The van der Waals surface area contributed by atoms with E-state index in [2.05, 4.69) is 5.32 Å². The number of thioether (sulfide) groups is 1. The summed E-state index contributed by atoms with van der Waals surface area (Å²) < 4.78 is 32.5. The summed E-state index contributed by atoms with van der Waals surface area (Å²) in [7, 11) is -2.30. The Kier molecular flexibility index (Phi) is 7.46. The van der Waals surface area contributed by atoms with Crippen LogP contribution in [0.25, 0.3) is 0 Å². The number of hydrogen-bond acceptors (Lipinski definition) is 7. The lowest BCUT2D eigenvalue weighted by Crippen LogP contribution is -2.41. The second kappa shape index (κ2) is 9.72. The molecule has 0 radical (unpaired) electrons. The molecule has 1 aromatic heterocycles. The van der Waals surface area contributed by atoms with Crippen LogP contribution in [0.15, 0.2) is 34.1 Å². The SMILES string of the molecule is COC(=O)c1c(NC(=O)C2CCN(S(=O)(=O)c3ccccc3SC)CC2)sc(C)c1C. The van der Waals surface area contributed by atoms with Gasteiger partial charge in [0, 0.05) is 28.8 Å². The Morgan fingerprint density at radius 2 is 1.84 bits per heavy atom. The van der Waals surface area contributed by atoms with Crippen molar-refractivity contribution in [1.82, 2.24) is 4.31 Å². The molecule has 2 aromatic rings. The molecule has 7 nitrogen and oxygen atoms in total. The Balaban J connectivity index is 1.70. The van der Waals surface area contributed by atoms with Crippen LogP contribution in [-0.2, 0) is 19.6 Å². The molecule has 31 heavy (non-hydrogen) atoms. The van der Waals surface area contributed by atoms with E-state index >= 15 is 0 Å². The monoisotopic (exact) mass is 482 g/mol. The second-order valence-corrected chi connectivity index (χ2v) is 11.3. The molecule has 10 heteroatoms. The summed E-state index contributed by atoms with van der Waals surface area (Å²) in [6, 6.07) is 6.95. The van der Waals surface area contributed by atoms with Crippen molar-refractivity contribution < 1.29 is 22.7 Å². The number of nitrogens with zero attached hydrogens (tertiary/aromatic N) is 1. The highest BCUT2D eigenvalue weighted by Gasteiger charge is 2.34. The predicted octanol–water partition coefficient (Wildman–Crippen LogP) is 3.91. The lowest BCUT2D eigenvalue weighted by Gasteiger charge is -2.31. The van der Waals surface area contributed by atoms with Crippen LogP contribution in [0.5, 0.6) is 0 Å². The molecule has 1 aliphatic heterocycles. The van der Waals surface area contributed by atoms with E-state index in [0.29, 0.717) is 33.2 Å². The Hall–Kier alpha value is -1.88. The van der Waals surface area contributed by atoms with E-state index in [1.165, 1.54) is 34.5 Å². The molecule has 1 saturated heterocycles. The molecular formula is C21H26N2O5S3. The zero-order chi connectivity index (χ0) is 22.8. The van der Waals surface area contributed by atoms with Gasteiger partial charge in [0.2, 0.25) is 15.9 Å². The van der Waals surface area contributed by atoms with Crippen molar-refractivity contribution >= 4 is 50.0 Å². The average Bonchev–Trinajstić information content (AvgIpc) is 3.06. The minimum Gasteiger partial charge on any atom is -0.465 e. The quantitative estimate of drug-likeness (QED) is 0.496. The van der Waals surface area contributed by atoms with E-state index in [4.69, 9.17) is 4.74 Å². The largest absolute Gasteiger partial charge is 0.465 e. The number of amides is 1. The third-order valence-corrected chi connectivity index (χ3v) is 9.53. The second-order valence-electron chi connectivity index (χ2n) is 7.30. The van der Waals surface area contributed by atoms with Crippen molar-refractivity contribution in [2.24, 2.45) is 5.92 Å². The molecule has 1 fully saturated rings. The Labute approximate surface area is 191 Å². The van der Waals surface area contributed by atoms with Crippen molar-refractivity contribution in [2.75, 3.05) is 31.8 Å². The zero-order valence-corrected chi connectivity index (χ0v) is 20.4. The van der Waals surface area contributed by atoms with Gasteiger partial charge in [-0.3, -0.25) is 4.79 Å². The summed E-state index contributed by atoms with van der Waals surface area (Å²) in [5.41, 5.74) is 1.17. The first-order chi connectivity index (χ1) is 14.7. The number of carbonyl (C=O) groups is 2. The standard InChI is InChI=1S/C21H26N2O5S3/c1-13-14(2)30-20(18(13)21(25)28-3)22-19(24)15-9-11-23(12-10-15)31(26,27)17-8-6-5-7-16(17)29-4/h5-8,15H,9-12H2,1-4H3,(H,22,24). The normalized spacial score (nSPS) is 15.6. The van der Waals surface area contributed by atoms with Crippen LogP contribution >= 0.6 is 23.1 Å². The minimum atomic E-state index is -3.61. The highest BCUT2D eigenvalue weighted by molar-refractivity contribution is 7.99. The lowest BCUT2D eigenvalue weighted by molar-refractivity contribution is -0.120. The number of thiophene rings is 1. The minimum absolute atomic E-state index is 0.201. The highest BCUT2D eigenvalue weighted by atomic mass is 32.2. The number of hydrogen-bond donors (Lipinski definition) is 1. The maximum absolute atomic E-state index is 13.1. The molecule has 0 spiro atoms. The number of rotatable bonds is 6. The van der Waals surface area contributed by atoms with Crippen LogP contribution in [0.1, 0.15) is 33.6 Å². The van der Waals surface area contributed by atoms with E-state index < -0.39 is 16.0 Å². The fourth-order valence-electron chi connectivity index (χ4n) is 3.61. The summed E-state index contributed by atoms with van der Waals surface area (Å²) in [4.78, 5) is 26.9. The molecule has 0 unspecified atom stereocenters. The molecule has 168 valence electrons. The third kappa shape index (κ3) is 4.82. The number of sulfonamides is 1. The number of nitrogens with one attached hydrogen (secondary N) is 1. The van der Waals surface area contributed by atoms with E-state index in [-0.39, 0.29) is 24.9 Å². The zero-order valence-electron chi connectivity index (χ0n) is 17.9. The highest BCUT2D eigenvalue weighted by Crippen LogP contribution is 2.34. The van der Waals surface area contributed by atoms with Crippen LogP contribution in [0.4, 0.5) is 5.00 Å². The van der Waals surface area contributed by atoms with Gasteiger partial charge in [0.05, 0.1) is 17.6 Å². The molecule has 1 amide bonds. The summed E-state index contributed by atoms with van der Waals surface area (Å²) in [5.74, 6) is -1.01. The summed E-state index contributed by atoms with van der Waals surface area (Å²) in [6.07, 6.45) is 2.69. The van der Waals surface area contributed by atoms with Crippen LogP contribution in [0, 0.1) is 19.8 Å². The molecule has 3 rings (SSSR count). The molecule has 0 aliphatic carbocycles. The first-order valence-electron chi connectivity index (χ1n) is 9.83. The van der Waals surface area contributed by atoms with Crippen molar-refractivity contribution in [2.45, 2.75) is 36.5 Å². The summed E-state index contributed by atoms with van der Waals surface area (Å²) >= 11 is 2.74. The van der Waals surface area contributed by atoms with Crippen molar-refractivity contribution in [3.8, 4) is 0 Å². The van der Waals surface area contributed by atoms with Crippen molar-refractivity contribution in [3.05, 3.63) is 40.3 Å². The number of carbonyl (C=O) groups excluding carboxylic acids is 2. The molecular weight excluding hydrogens is 456 g/mol. The summed E-state index contributed by atoms with van der Waals surface area (Å²) in [6.45, 7) is 4.26. The fourth-order valence-corrected chi connectivity index (χ4v) is 7.25. The van der Waals surface area contributed by atoms with E-state index in [9.17, 15) is 18.0 Å². The van der Waals surface area contributed by atoms with Gasteiger partial charge in [0.25, 0.3) is 0 Å². The Bertz CT molecular complexity index is 1090. The average molecular weight is 483 g/mol. The molecule has 1 aromatic carbocycles. The number of aryl methyl sites for hydroxylation is 1. The smallest absolute Gasteiger partial charge is 0.341 e. The number of ether oxygens (including phenoxy) is 1. The molecule has 0 saturated carbocycles. The number of anilines is 1. The van der Waals surface area contributed by atoms with Crippen LogP contribution in [-0.4, -0.2) is 51.1 Å². The van der Waals surface area contributed by atoms with Gasteiger partial charge in [0.1, 0.15) is 5.00 Å². The number of esters is 1.